The van der Waals surface area contributed by atoms with Gasteiger partial charge in [-0.3, -0.25) is 9.59 Å². The second-order valence-electron chi connectivity index (χ2n) is 4.88. The molecule has 2 heterocycles. The van der Waals surface area contributed by atoms with Crippen molar-refractivity contribution < 1.29 is 9.32 Å². The first kappa shape index (κ1) is 16.0. The quantitative estimate of drug-likeness (QED) is 0.691. The number of carbonyl (C=O) groups is 1. The van der Waals surface area contributed by atoms with Crippen LogP contribution in [0.1, 0.15) is 22.1 Å². The third-order valence-corrected chi connectivity index (χ3v) is 4.19. The highest BCUT2D eigenvalue weighted by Gasteiger charge is 2.14. The summed E-state index contributed by atoms with van der Waals surface area (Å²) < 4.78 is 4.93. The van der Waals surface area contributed by atoms with Gasteiger partial charge in [-0.25, -0.2) is 0 Å². The SMILES string of the molecule is Cc1nc(CSc2ccccc2C(=O)Nc2ccc[nH]c2=O)no1. The number of aromatic nitrogens is 3. The first-order valence-corrected chi connectivity index (χ1v) is 8.12. The monoisotopic (exact) mass is 342 g/mol. The van der Waals surface area contributed by atoms with Crippen LogP contribution in [0.25, 0.3) is 0 Å². The van der Waals surface area contributed by atoms with Crippen LogP contribution in [0.15, 0.2) is 56.8 Å². The Kier molecular flexibility index (Phi) is 4.76. The van der Waals surface area contributed by atoms with Crippen LogP contribution in [0, 0.1) is 6.92 Å². The fourth-order valence-corrected chi connectivity index (χ4v) is 2.92. The van der Waals surface area contributed by atoms with E-state index in [1.54, 1.807) is 31.2 Å². The third kappa shape index (κ3) is 3.72. The molecule has 2 aromatic heterocycles. The topological polar surface area (TPSA) is 101 Å². The Labute approximate surface area is 141 Å². The first-order valence-electron chi connectivity index (χ1n) is 7.13. The molecule has 0 radical (unpaired) electrons. The highest BCUT2D eigenvalue weighted by Crippen LogP contribution is 2.26. The summed E-state index contributed by atoms with van der Waals surface area (Å²) >= 11 is 1.42. The molecule has 0 bridgehead atoms. The minimum Gasteiger partial charge on any atom is -0.340 e. The summed E-state index contributed by atoms with van der Waals surface area (Å²) in [4.78, 5) is 31.6. The van der Waals surface area contributed by atoms with Crippen molar-refractivity contribution in [3.8, 4) is 0 Å². The number of pyridine rings is 1. The highest BCUT2D eigenvalue weighted by atomic mass is 32.2. The molecule has 0 saturated heterocycles. The van der Waals surface area contributed by atoms with Gasteiger partial charge < -0.3 is 14.8 Å². The zero-order chi connectivity index (χ0) is 16.9. The van der Waals surface area contributed by atoms with E-state index in [1.165, 1.54) is 18.0 Å². The molecule has 0 unspecified atom stereocenters. The number of aromatic amines is 1. The first-order chi connectivity index (χ1) is 11.6. The van der Waals surface area contributed by atoms with Gasteiger partial charge in [-0.1, -0.05) is 17.3 Å². The number of amides is 1. The lowest BCUT2D eigenvalue weighted by Gasteiger charge is -2.08. The lowest BCUT2D eigenvalue weighted by molar-refractivity contribution is 0.102. The summed E-state index contributed by atoms with van der Waals surface area (Å²) in [7, 11) is 0. The van der Waals surface area contributed by atoms with Gasteiger partial charge in [-0.2, -0.15) is 4.98 Å². The van der Waals surface area contributed by atoms with E-state index in [9.17, 15) is 9.59 Å². The van der Waals surface area contributed by atoms with Gasteiger partial charge in [0, 0.05) is 18.0 Å². The fraction of sp³-hybridized carbons (Fsp3) is 0.125. The number of benzene rings is 1. The smallest absolute Gasteiger partial charge is 0.271 e. The number of nitrogens with zero attached hydrogens (tertiary/aromatic N) is 2. The normalized spacial score (nSPS) is 10.5. The Balaban J connectivity index is 1.77. The number of hydrogen-bond acceptors (Lipinski definition) is 6. The number of thioether (sulfide) groups is 1. The van der Waals surface area contributed by atoms with E-state index >= 15 is 0 Å². The van der Waals surface area contributed by atoms with E-state index in [2.05, 4.69) is 20.4 Å². The average molecular weight is 342 g/mol. The summed E-state index contributed by atoms with van der Waals surface area (Å²) in [5.74, 6) is 1.19. The molecule has 3 rings (SSSR count). The Hall–Kier alpha value is -2.87. The number of rotatable bonds is 5. The van der Waals surface area contributed by atoms with Crippen LogP contribution in [-0.4, -0.2) is 21.0 Å². The standard InChI is InChI=1S/C16H14N4O3S/c1-10-18-14(20-23-10)9-24-13-7-3-2-5-11(13)15(21)19-12-6-4-8-17-16(12)22/h2-8H,9H2,1H3,(H,17,22)(H,19,21). The maximum atomic E-state index is 12.5. The van der Waals surface area contributed by atoms with Crippen LogP contribution in [0.2, 0.25) is 0 Å². The minimum atomic E-state index is -0.349. The molecule has 0 spiro atoms. The van der Waals surface area contributed by atoms with E-state index in [4.69, 9.17) is 4.52 Å². The van der Waals surface area contributed by atoms with E-state index in [0.29, 0.717) is 23.0 Å². The number of anilines is 1. The molecule has 0 fully saturated rings. The number of carbonyl (C=O) groups excluding carboxylic acids is 1. The van der Waals surface area contributed by atoms with Crippen molar-refractivity contribution in [2.75, 3.05) is 5.32 Å². The van der Waals surface area contributed by atoms with Crippen LogP contribution in [0.4, 0.5) is 5.69 Å². The number of H-pyrrole nitrogens is 1. The van der Waals surface area contributed by atoms with E-state index in [0.717, 1.165) is 4.90 Å². The van der Waals surface area contributed by atoms with Gasteiger partial charge in [0.15, 0.2) is 5.82 Å². The van der Waals surface area contributed by atoms with Gasteiger partial charge in [0.2, 0.25) is 5.89 Å². The molecule has 2 N–H and O–H groups in total. The van der Waals surface area contributed by atoms with Crippen LogP contribution < -0.4 is 10.9 Å². The van der Waals surface area contributed by atoms with Crippen molar-refractivity contribution in [2.45, 2.75) is 17.6 Å². The Morgan fingerprint density at radius 2 is 2.12 bits per heavy atom. The molecular weight excluding hydrogens is 328 g/mol. The zero-order valence-corrected chi connectivity index (χ0v) is 13.6. The predicted octanol–water partition coefficient (Wildman–Crippen LogP) is 2.61. The fourth-order valence-electron chi connectivity index (χ4n) is 2.03. The molecule has 0 aliphatic heterocycles. The molecular formula is C16H14N4O3S. The zero-order valence-electron chi connectivity index (χ0n) is 12.8. The van der Waals surface area contributed by atoms with Crippen LogP contribution in [0.5, 0.6) is 0 Å². The van der Waals surface area contributed by atoms with Gasteiger partial charge in [0.1, 0.15) is 5.69 Å². The lowest BCUT2D eigenvalue weighted by Crippen LogP contribution is -2.19. The highest BCUT2D eigenvalue weighted by molar-refractivity contribution is 7.98. The molecule has 3 aromatic rings. The van der Waals surface area contributed by atoms with Crippen molar-refractivity contribution in [3.63, 3.8) is 0 Å². The summed E-state index contributed by atoms with van der Waals surface area (Å²) in [6.07, 6.45) is 1.51. The molecule has 1 amide bonds. The van der Waals surface area contributed by atoms with Crippen molar-refractivity contribution in [1.29, 1.82) is 0 Å². The minimum absolute atomic E-state index is 0.205. The van der Waals surface area contributed by atoms with Crippen LogP contribution in [0.3, 0.4) is 0 Å². The average Bonchev–Trinajstić information content (AvgIpc) is 3.01. The molecule has 8 heteroatoms. The van der Waals surface area contributed by atoms with Gasteiger partial charge in [-0.05, 0) is 24.3 Å². The molecule has 7 nitrogen and oxygen atoms in total. The van der Waals surface area contributed by atoms with Crippen LogP contribution >= 0.6 is 11.8 Å². The van der Waals surface area contributed by atoms with Gasteiger partial charge >= 0.3 is 0 Å². The molecule has 0 saturated carbocycles. The maximum absolute atomic E-state index is 12.5. The summed E-state index contributed by atoms with van der Waals surface area (Å²) in [5.41, 5.74) is 0.334. The summed E-state index contributed by atoms with van der Waals surface area (Å²) in [6.45, 7) is 1.72. The maximum Gasteiger partial charge on any atom is 0.271 e. The van der Waals surface area contributed by atoms with E-state index in [-0.39, 0.29) is 17.2 Å². The Bertz CT molecular complexity index is 919. The van der Waals surface area contributed by atoms with Crippen molar-refractivity contribution in [3.05, 3.63) is 70.2 Å². The molecule has 0 aliphatic carbocycles. The van der Waals surface area contributed by atoms with Gasteiger partial charge in [-0.15, -0.1) is 11.8 Å². The van der Waals surface area contributed by atoms with Gasteiger partial charge in [0.25, 0.3) is 11.5 Å². The van der Waals surface area contributed by atoms with Gasteiger partial charge in [0.05, 0.1) is 11.3 Å². The largest absolute Gasteiger partial charge is 0.340 e. The predicted molar refractivity (Wildman–Crippen MR) is 90.1 cm³/mol. The molecule has 122 valence electrons. The van der Waals surface area contributed by atoms with Crippen molar-refractivity contribution >= 4 is 23.4 Å². The van der Waals surface area contributed by atoms with Crippen molar-refractivity contribution in [2.24, 2.45) is 0 Å². The summed E-state index contributed by atoms with van der Waals surface area (Å²) in [5, 5.41) is 6.46. The van der Waals surface area contributed by atoms with Crippen LogP contribution in [-0.2, 0) is 5.75 Å². The Morgan fingerprint density at radius 3 is 2.88 bits per heavy atom. The third-order valence-electron chi connectivity index (χ3n) is 3.12. The summed E-state index contributed by atoms with van der Waals surface area (Å²) in [6, 6.07) is 10.4. The van der Waals surface area contributed by atoms with E-state index < -0.39 is 0 Å². The molecule has 1 aromatic carbocycles. The molecule has 0 atom stereocenters. The Morgan fingerprint density at radius 1 is 1.29 bits per heavy atom. The number of nitrogens with one attached hydrogen (secondary N) is 2. The number of hydrogen-bond donors (Lipinski definition) is 2. The number of aryl methyl sites for hydroxylation is 1. The second kappa shape index (κ2) is 7.14. The van der Waals surface area contributed by atoms with E-state index in [1.807, 2.05) is 12.1 Å². The molecule has 24 heavy (non-hydrogen) atoms. The lowest BCUT2D eigenvalue weighted by atomic mass is 10.2. The van der Waals surface area contributed by atoms with Crippen molar-refractivity contribution in [1.82, 2.24) is 15.1 Å². The second-order valence-corrected chi connectivity index (χ2v) is 5.90. The molecule has 0 aliphatic rings.